The highest BCUT2D eigenvalue weighted by Crippen LogP contribution is 2.48. The Hall–Kier alpha value is -3.77. The zero-order valence-corrected chi connectivity index (χ0v) is 29.3. The van der Waals surface area contributed by atoms with Crippen LogP contribution in [-0.4, -0.2) is 56.8 Å². The minimum absolute atomic E-state index is 0.0260. The smallest absolute Gasteiger partial charge is 0.240 e. The number of methoxy groups -OCH3 is 1. The van der Waals surface area contributed by atoms with E-state index in [1.807, 2.05) is 59.8 Å². The van der Waals surface area contributed by atoms with Gasteiger partial charge in [-0.25, -0.2) is 14.4 Å². The van der Waals surface area contributed by atoms with E-state index in [1.54, 1.807) is 24.6 Å². The number of carbonyl (C=O) groups is 1. The van der Waals surface area contributed by atoms with E-state index in [0.29, 0.717) is 58.3 Å². The molecule has 1 amide bonds. The Morgan fingerprint density at radius 1 is 1.19 bits per heavy atom. The van der Waals surface area contributed by atoms with Gasteiger partial charge in [0.2, 0.25) is 12.1 Å². The number of benzene rings is 2. The molecule has 48 heavy (non-hydrogen) atoms. The number of aromatic nitrogens is 4. The van der Waals surface area contributed by atoms with E-state index in [1.165, 1.54) is 6.07 Å². The van der Waals surface area contributed by atoms with Gasteiger partial charge in [0, 0.05) is 42.2 Å². The summed E-state index contributed by atoms with van der Waals surface area (Å²) in [7, 11) is 1.60. The Kier molecular flexibility index (Phi) is 9.06. The summed E-state index contributed by atoms with van der Waals surface area (Å²) in [6.07, 6.45) is 5.58. The summed E-state index contributed by atoms with van der Waals surface area (Å²) >= 11 is 7.99. The third-order valence-electron chi connectivity index (χ3n) is 9.12. The Labute approximate surface area is 288 Å². The number of imidazole rings is 1. The molecule has 252 valence electrons. The van der Waals surface area contributed by atoms with E-state index >= 15 is 4.39 Å². The lowest BCUT2D eigenvalue weighted by Gasteiger charge is -2.30. The molecule has 9 nitrogen and oxygen atoms in total. The number of aromatic amines is 1. The van der Waals surface area contributed by atoms with E-state index in [-0.39, 0.29) is 23.9 Å². The highest BCUT2D eigenvalue weighted by molar-refractivity contribution is 7.11. The zero-order chi connectivity index (χ0) is 33.7. The van der Waals surface area contributed by atoms with Gasteiger partial charge in [0.05, 0.1) is 57.4 Å². The molecule has 5 aromatic rings. The summed E-state index contributed by atoms with van der Waals surface area (Å²) in [6.45, 7) is 9.33. The number of carbonyl (C=O) groups excluding carboxylic acids is 1. The number of likely N-dealkylation sites (tertiary alicyclic amines) is 1. The fourth-order valence-electron chi connectivity index (χ4n) is 6.90. The second-order valence-electron chi connectivity index (χ2n) is 13.4. The molecule has 0 radical (unpaired) electrons. The fourth-order valence-corrected chi connectivity index (χ4v) is 8.23. The quantitative estimate of drug-likeness (QED) is 0.144. The van der Waals surface area contributed by atoms with Gasteiger partial charge in [0.1, 0.15) is 17.4 Å². The number of ether oxygens (including phenoxy) is 2. The first kappa shape index (κ1) is 32.8. The van der Waals surface area contributed by atoms with Crippen LogP contribution in [0.5, 0.6) is 5.75 Å². The molecule has 0 aliphatic carbocycles. The van der Waals surface area contributed by atoms with Crippen LogP contribution in [0.1, 0.15) is 68.5 Å². The lowest BCUT2D eigenvalue weighted by atomic mass is 10.0. The Morgan fingerprint density at radius 2 is 2.02 bits per heavy atom. The van der Waals surface area contributed by atoms with Crippen molar-refractivity contribution in [1.29, 1.82) is 0 Å². The van der Waals surface area contributed by atoms with Gasteiger partial charge in [0.15, 0.2) is 0 Å². The largest absolute Gasteiger partial charge is 0.464 e. The molecular weight excluding hydrogens is 651 g/mol. The summed E-state index contributed by atoms with van der Waals surface area (Å²) < 4.78 is 30.2. The average molecular weight is 691 g/mol. The molecule has 0 saturated carbocycles. The first-order chi connectivity index (χ1) is 23.1. The SMILES string of the molecule is COCN[C@H](C(=O)N1CCC[C@H]1c1ncc(-c2cc(F)c3c(c2)OC(c2cnc(CC(C)C)s2)n2c-3cc3cc(Cl)ccc32)[nH]1)C(C)C. The van der Waals surface area contributed by atoms with Crippen molar-refractivity contribution in [2.75, 3.05) is 20.4 Å². The van der Waals surface area contributed by atoms with Crippen LogP contribution in [0.4, 0.5) is 4.39 Å². The lowest BCUT2D eigenvalue weighted by Crippen LogP contribution is -2.49. The van der Waals surface area contributed by atoms with Crippen LogP contribution in [0.3, 0.4) is 0 Å². The number of hydrogen-bond acceptors (Lipinski definition) is 7. The first-order valence-electron chi connectivity index (χ1n) is 16.5. The highest BCUT2D eigenvalue weighted by atomic mass is 35.5. The minimum Gasteiger partial charge on any atom is -0.464 e. The number of nitrogens with zero attached hydrogens (tertiary/aromatic N) is 4. The molecule has 2 aliphatic heterocycles. The maximum absolute atomic E-state index is 16.3. The number of amides is 1. The van der Waals surface area contributed by atoms with Gasteiger partial charge < -0.3 is 19.4 Å². The molecule has 5 heterocycles. The second-order valence-corrected chi connectivity index (χ2v) is 15.0. The van der Waals surface area contributed by atoms with E-state index in [2.05, 4.69) is 24.1 Å². The molecule has 2 aromatic carbocycles. The first-order valence-corrected chi connectivity index (χ1v) is 17.7. The van der Waals surface area contributed by atoms with Crippen LogP contribution in [0.25, 0.3) is 33.4 Å². The molecule has 12 heteroatoms. The lowest BCUT2D eigenvalue weighted by molar-refractivity contribution is -0.136. The third-order valence-corrected chi connectivity index (χ3v) is 10.4. The van der Waals surface area contributed by atoms with Gasteiger partial charge in [-0.15, -0.1) is 11.3 Å². The molecule has 0 spiro atoms. The summed E-state index contributed by atoms with van der Waals surface area (Å²) in [6, 6.07) is 10.5. The van der Waals surface area contributed by atoms with Crippen LogP contribution in [0.2, 0.25) is 5.02 Å². The van der Waals surface area contributed by atoms with Crippen molar-refractivity contribution >= 4 is 39.7 Å². The molecule has 0 bridgehead atoms. The number of rotatable bonds is 10. The summed E-state index contributed by atoms with van der Waals surface area (Å²) in [5, 5.41) is 5.77. The molecule has 1 fully saturated rings. The maximum Gasteiger partial charge on any atom is 0.240 e. The van der Waals surface area contributed by atoms with E-state index < -0.39 is 12.0 Å². The Balaban J connectivity index is 1.24. The number of hydrogen-bond donors (Lipinski definition) is 2. The average Bonchev–Trinajstić information content (AvgIpc) is 3.85. The van der Waals surface area contributed by atoms with Crippen molar-refractivity contribution in [2.45, 2.75) is 65.3 Å². The number of halogens is 2. The Bertz CT molecular complexity index is 1970. The maximum atomic E-state index is 16.3. The standard InChI is InChI=1S/C36H40ClFN6O3S/c1-19(2)11-31-39-17-30(48-31)36-44-26-9-8-23(37)12-22(26)14-28(44)32-24(38)13-21(15-29(32)47-36)25-16-40-34(42-25)27-7-6-10-43(27)35(45)33(20(3)4)41-18-46-5/h8-9,12-17,19-20,27,33,36,41H,6-7,10-11,18H2,1-5H3,(H,40,42)/t27-,33-,36?/m0/s1. The van der Waals surface area contributed by atoms with Crippen molar-refractivity contribution < 1.29 is 18.7 Å². The molecule has 7 rings (SSSR count). The summed E-state index contributed by atoms with van der Waals surface area (Å²) in [4.78, 5) is 29.3. The predicted molar refractivity (Wildman–Crippen MR) is 187 cm³/mol. The van der Waals surface area contributed by atoms with Gasteiger partial charge in [-0.3, -0.25) is 14.7 Å². The van der Waals surface area contributed by atoms with Gasteiger partial charge in [-0.1, -0.05) is 39.3 Å². The molecule has 3 aromatic heterocycles. The van der Waals surface area contributed by atoms with Crippen molar-refractivity contribution in [2.24, 2.45) is 11.8 Å². The minimum atomic E-state index is -0.532. The molecule has 3 atom stereocenters. The monoisotopic (exact) mass is 690 g/mol. The molecule has 2 aliphatic rings. The predicted octanol–water partition coefficient (Wildman–Crippen LogP) is 7.97. The number of fused-ring (bicyclic) bond motifs is 5. The van der Waals surface area contributed by atoms with Crippen LogP contribution in [-0.2, 0) is 16.0 Å². The normalized spacial score (nSPS) is 18.1. The van der Waals surface area contributed by atoms with Crippen LogP contribution < -0.4 is 10.1 Å². The number of nitrogens with one attached hydrogen (secondary N) is 2. The zero-order valence-electron chi connectivity index (χ0n) is 27.7. The number of thiazole rings is 1. The van der Waals surface area contributed by atoms with E-state index in [4.69, 9.17) is 31.0 Å². The van der Waals surface area contributed by atoms with Crippen molar-refractivity contribution in [3.63, 3.8) is 0 Å². The van der Waals surface area contributed by atoms with Gasteiger partial charge >= 0.3 is 0 Å². The van der Waals surface area contributed by atoms with Crippen LogP contribution >= 0.6 is 22.9 Å². The van der Waals surface area contributed by atoms with Crippen LogP contribution in [0.15, 0.2) is 48.8 Å². The molecule has 2 N–H and O–H groups in total. The molecule has 1 unspecified atom stereocenters. The highest BCUT2D eigenvalue weighted by Gasteiger charge is 2.37. The van der Waals surface area contributed by atoms with E-state index in [0.717, 1.165) is 40.1 Å². The second kappa shape index (κ2) is 13.3. The fraction of sp³-hybridized carbons (Fsp3) is 0.417. The molecular formula is C36H40ClFN6O3S. The topological polar surface area (TPSA) is 97.3 Å². The van der Waals surface area contributed by atoms with Crippen LogP contribution in [0, 0.1) is 17.7 Å². The Morgan fingerprint density at radius 3 is 2.79 bits per heavy atom. The van der Waals surface area contributed by atoms with E-state index in [9.17, 15) is 4.79 Å². The summed E-state index contributed by atoms with van der Waals surface area (Å²) in [5.74, 6) is 1.30. The van der Waals surface area contributed by atoms with Crippen molar-refractivity contribution in [3.05, 3.63) is 75.3 Å². The van der Waals surface area contributed by atoms with Crippen molar-refractivity contribution in [1.82, 2.24) is 29.7 Å². The van der Waals surface area contributed by atoms with Gasteiger partial charge in [-0.2, -0.15) is 0 Å². The molecule has 1 saturated heterocycles. The third kappa shape index (κ3) is 6.02. The summed E-state index contributed by atoms with van der Waals surface area (Å²) in [5.41, 5.74) is 3.27. The van der Waals surface area contributed by atoms with Crippen molar-refractivity contribution in [3.8, 4) is 28.3 Å². The van der Waals surface area contributed by atoms with Gasteiger partial charge in [0.25, 0.3) is 0 Å². The number of H-pyrrole nitrogens is 1. The van der Waals surface area contributed by atoms with Gasteiger partial charge in [-0.05, 0) is 61.1 Å².